The molecule has 0 radical (unpaired) electrons. The third-order valence-electron chi connectivity index (χ3n) is 4.85. The van der Waals surface area contributed by atoms with E-state index in [0.29, 0.717) is 0 Å². The zero-order valence-electron chi connectivity index (χ0n) is 14.9. The van der Waals surface area contributed by atoms with E-state index < -0.39 is 0 Å². The van der Waals surface area contributed by atoms with Gasteiger partial charge in [-0.1, -0.05) is 42.0 Å². The van der Waals surface area contributed by atoms with Gasteiger partial charge >= 0.3 is 0 Å². The number of amides is 1. The minimum Gasteiger partial charge on any atom is -0.349 e. The predicted molar refractivity (Wildman–Crippen MR) is 111 cm³/mol. The molecule has 0 unspecified atom stereocenters. The summed E-state index contributed by atoms with van der Waals surface area (Å²) in [4.78, 5) is 15.0. The van der Waals surface area contributed by atoms with Crippen LogP contribution in [0.25, 0.3) is 0 Å². The van der Waals surface area contributed by atoms with Crippen LogP contribution in [0.2, 0.25) is 0 Å². The van der Waals surface area contributed by atoms with Gasteiger partial charge in [0.05, 0.1) is 5.56 Å². The van der Waals surface area contributed by atoms with E-state index >= 15 is 0 Å². The number of benzene rings is 2. The van der Waals surface area contributed by atoms with Crippen LogP contribution in [0.4, 0.5) is 0 Å². The van der Waals surface area contributed by atoms with Crippen molar-refractivity contribution in [1.29, 1.82) is 0 Å². The van der Waals surface area contributed by atoms with Gasteiger partial charge in [0.1, 0.15) is 0 Å². The van der Waals surface area contributed by atoms with Crippen molar-refractivity contribution in [3.05, 3.63) is 68.3 Å². The molecule has 0 bridgehead atoms. The maximum absolute atomic E-state index is 12.6. The number of aryl methyl sites for hydroxylation is 2. The topological polar surface area (TPSA) is 32.3 Å². The molecule has 1 saturated heterocycles. The molecule has 2 aromatic carbocycles. The van der Waals surface area contributed by atoms with Crippen LogP contribution in [0.5, 0.6) is 0 Å². The molecule has 0 aliphatic carbocycles. The van der Waals surface area contributed by atoms with Crippen LogP contribution in [0.1, 0.15) is 39.9 Å². The molecule has 1 N–H and O–H groups in total. The van der Waals surface area contributed by atoms with E-state index in [1.54, 1.807) is 0 Å². The van der Waals surface area contributed by atoms with Crippen molar-refractivity contribution in [3.8, 4) is 0 Å². The summed E-state index contributed by atoms with van der Waals surface area (Å²) in [6, 6.07) is 14.9. The summed E-state index contributed by atoms with van der Waals surface area (Å²) in [6.45, 7) is 7.24. The number of halogens is 1. The number of nitrogens with zero attached hydrogens (tertiary/aromatic N) is 1. The SMILES string of the molecule is Cc1cccc(CN2CCC(NC(=O)c3cccc(C)c3I)CC2)c1. The van der Waals surface area contributed by atoms with E-state index in [-0.39, 0.29) is 11.9 Å². The monoisotopic (exact) mass is 448 g/mol. The number of carbonyl (C=O) groups excluding carboxylic acids is 1. The summed E-state index contributed by atoms with van der Waals surface area (Å²) < 4.78 is 1.05. The first-order chi connectivity index (χ1) is 12.0. The van der Waals surface area contributed by atoms with Gasteiger partial charge in [-0.05, 0) is 66.5 Å². The zero-order chi connectivity index (χ0) is 17.8. The van der Waals surface area contributed by atoms with Gasteiger partial charge in [-0.15, -0.1) is 0 Å². The molecule has 3 nitrogen and oxygen atoms in total. The van der Waals surface area contributed by atoms with E-state index in [4.69, 9.17) is 0 Å². The molecule has 1 heterocycles. The highest BCUT2D eigenvalue weighted by atomic mass is 127. The number of piperidine rings is 1. The molecule has 132 valence electrons. The van der Waals surface area contributed by atoms with Crippen molar-refractivity contribution in [2.24, 2.45) is 0 Å². The van der Waals surface area contributed by atoms with Crippen LogP contribution in [-0.4, -0.2) is 29.9 Å². The van der Waals surface area contributed by atoms with Crippen LogP contribution >= 0.6 is 22.6 Å². The fourth-order valence-corrected chi connectivity index (χ4v) is 3.99. The summed E-state index contributed by atoms with van der Waals surface area (Å²) in [5.41, 5.74) is 4.63. The van der Waals surface area contributed by atoms with Gasteiger partial charge in [0, 0.05) is 29.2 Å². The maximum atomic E-state index is 12.6. The third kappa shape index (κ3) is 4.82. The fraction of sp³-hybridized carbons (Fsp3) is 0.381. The molecule has 0 aromatic heterocycles. The first kappa shape index (κ1) is 18.4. The van der Waals surface area contributed by atoms with Gasteiger partial charge in [-0.25, -0.2) is 0 Å². The van der Waals surface area contributed by atoms with E-state index in [2.05, 4.69) is 64.0 Å². The summed E-state index contributed by atoms with van der Waals surface area (Å²) in [7, 11) is 0. The summed E-state index contributed by atoms with van der Waals surface area (Å²) >= 11 is 2.26. The van der Waals surface area contributed by atoms with Gasteiger partial charge in [-0.2, -0.15) is 0 Å². The molecule has 1 aliphatic rings. The number of rotatable bonds is 4. The molecule has 0 saturated carbocycles. The van der Waals surface area contributed by atoms with Crippen LogP contribution in [-0.2, 0) is 6.54 Å². The second-order valence-corrected chi connectivity index (χ2v) is 8.03. The first-order valence-corrected chi connectivity index (χ1v) is 9.94. The number of hydrogen-bond donors (Lipinski definition) is 1. The average Bonchev–Trinajstić information content (AvgIpc) is 2.59. The fourth-order valence-electron chi connectivity index (χ4n) is 3.39. The number of likely N-dealkylation sites (tertiary alicyclic amines) is 1. The average molecular weight is 448 g/mol. The molecule has 1 fully saturated rings. The second-order valence-electron chi connectivity index (χ2n) is 6.95. The highest BCUT2D eigenvalue weighted by molar-refractivity contribution is 14.1. The highest BCUT2D eigenvalue weighted by Gasteiger charge is 2.22. The molecular weight excluding hydrogens is 423 g/mol. The normalized spacial score (nSPS) is 16.0. The Morgan fingerprint density at radius 3 is 2.60 bits per heavy atom. The largest absolute Gasteiger partial charge is 0.349 e. The van der Waals surface area contributed by atoms with Crippen molar-refractivity contribution < 1.29 is 4.79 Å². The van der Waals surface area contributed by atoms with E-state index in [9.17, 15) is 4.79 Å². The Bertz CT molecular complexity index is 751. The lowest BCUT2D eigenvalue weighted by Crippen LogP contribution is -2.44. The minimum absolute atomic E-state index is 0.0604. The van der Waals surface area contributed by atoms with Gasteiger partial charge < -0.3 is 5.32 Å². The molecule has 1 amide bonds. The summed E-state index contributed by atoms with van der Waals surface area (Å²) in [6.07, 6.45) is 2.03. The van der Waals surface area contributed by atoms with Crippen molar-refractivity contribution in [1.82, 2.24) is 10.2 Å². The van der Waals surface area contributed by atoms with Crippen LogP contribution in [0, 0.1) is 17.4 Å². The third-order valence-corrected chi connectivity index (χ3v) is 6.28. The lowest BCUT2D eigenvalue weighted by Gasteiger charge is -2.32. The van der Waals surface area contributed by atoms with Gasteiger partial charge in [-0.3, -0.25) is 9.69 Å². The highest BCUT2D eigenvalue weighted by Crippen LogP contribution is 2.19. The van der Waals surface area contributed by atoms with Crippen LogP contribution < -0.4 is 5.32 Å². The quantitative estimate of drug-likeness (QED) is 0.708. The zero-order valence-corrected chi connectivity index (χ0v) is 17.0. The van der Waals surface area contributed by atoms with Crippen LogP contribution in [0.3, 0.4) is 0 Å². The lowest BCUT2D eigenvalue weighted by molar-refractivity contribution is 0.0908. The Kier molecular flexibility index (Phi) is 6.12. The molecule has 0 atom stereocenters. The molecule has 4 heteroatoms. The predicted octanol–water partition coefficient (Wildman–Crippen LogP) is 4.30. The number of carbonyl (C=O) groups is 1. The number of nitrogens with one attached hydrogen (secondary N) is 1. The summed E-state index contributed by atoms with van der Waals surface area (Å²) in [5.74, 6) is 0.0604. The Morgan fingerprint density at radius 2 is 1.88 bits per heavy atom. The van der Waals surface area contributed by atoms with Crippen molar-refractivity contribution in [3.63, 3.8) is 0 Å². The summed E-state index contributed by atoms with van der Waals surface area (Å²) in [5, 5.41) is 3.23. The number of hydrogen-bond acceptors (Lipinski definition) is 2. The van der Waals surface area contributed by atoms with E-state index in [1.807, 2.05) is 25.1 Å². The molecule has 3 rings (SSSR count). The van der Waals surface area contributed by atoms with E-state index in [0.717, 1.165) is 47.2 Å². The minimum atomic E-state index is 0.0604. The van der Waals surface area contributed by atoms with Gasteiger partial charge in [0.25, 0.3) is 5.91 Å². The molecule has 2 aromatic rings. The standard InChI is InChI=1S/C21H25IN2O/c1-15-5-3-7-17(13-15)14-24-11-9-18(10-12-24)23-21(25)19-8-4-6-16(2)20(19)22/h3-8,13,18H,9-12,14H2,1-2H3,(H,23,25). The Morgan fingerprint density at radius 1 is 1.16 bits per heavy atom. The Hall–Kier alpha value is -1.40. The van der Waals surface area contributed by atoms with Crippen LogP contribution in [0.15, 0.2) is 42.5 Å². The molecule has 0 spiro atoms. The van der Waals surface area contributed by atoms with Gasteiger partial charge in [0.15, 0.2) is 0 Å². The first-order valence-electron chi connectivity index (χ1n) is 8.87. The Labute approximate surface area is 164 Å². The van der Waals surface area contributed by atoms with Crippen molar-refractivity contribution in [2.45, 2.75) is 39.3 Å². The molecular formula is C21H25IN2O. The smallest absolute Gasteiger partial charge is 0.252 e. The van der Waals surface area contributed by atoms with Crippen molar-refractivity contribution >= 4 is 28.5 Å². The Balaban J connectivity index is 1.52. The molecule has 1 aliphatic heterocycles. The maximum Gasteiger partial charge on any atom is 0.252 e. The van der Waals surface area contributed by atoms with Crippen molar-refractivity contribution in [2.75, 3.05) is 13.1 Å². The van der Waals surface area contributed by atoms with Gasteiger partial charge in [0.2, 0.25) is 0 Å². The second kappa shape index (κ2) is 8.32. The van der Waals surface area contributed by atoms with E-state index in [1.165, 1.54) is 11.1 Å². The lowest BCUT2D eigenvalue weighted by atomic mass is 10.0. The molecule has 25 heavy (non-hydrogen) atoms.